The molecule has 0 aliphatic rings. The summed E-state index contributed by atoms with van der Waals surface area (Å²) >= 11 is 11.4. The van der Waals surface area contributed by atoms with Gasteiger partial charge in [-0.05, 0) is 62.4 Å². The lowest BCUT2D eigenvalue weighted by molar-refractivity contribution is -0.147. The average Bonchev–Trinajstić information content (AvgIpc) is 2.71. The first-order valence-electron chi connectivity index (χ1n) is 9.57. The Morgan fingerprint density at radius 2 is 1.13 bits per heavy atom. The largest absolute Gasteiger partial charge is 0.481 e. The van der Waals surface area contributed by atoms with E-state index < -0.39 is 5.97 Å². The zero-order valence-electron chi connectivity index (χ0n) is 17.3. The van der Waals surface area contributed by atoms with Gasteiger partial charge in [-0.2, -0.15) is 0 Å². The van der Waals surface area contributed by atoms with Gasteiger partial charge in [0.25, 0.3) is 0 Å². The van der Waals surface area contributed by atoms with Gasteiger partial charge in [0.1, 0.15) is 0 Å². The number of halogens is 2. The molecule has 0 aliphatic heterocycles. The number of hydrogen-bond donors (Lipinski definition) is 1. The average molecular weight is 467 g/mol. The summed E-state index contributed by atoms with van der Waals surface area (Å²) < 4.78 is 4.94. The van der Waals surface area contributed by atoms with Crippen molar-refractivity contribution in [2.75, 3.05) is 0 Å². The molecule has 0 spiro atoms. The summed E-state index contributed by atoms with van der Waals surface area (Å²) in [6.45, 7) is 3.55. The Labute approximate surface area is 191 Å². The number of hydrogen-bond acceptors (Lipinski definition) is 5. The van der Waals surface area contributed by atoms with E-state index in [2.05, 4.69) is 0 Å². The van der Waals surface area contributed by atoms with Gasteiger partial charge >= 0.3 is 11.9 Å². The minimum absolute atomic E-state index is 0.0248. The summed E-state index contributed by atoms with van der Waals surface area (Å²) in [5.74, 6) is -1.57. The van der Waals surface area contributed by atoms with E-state index in [0.717, 1.165) is 0 Å². The molecule has 0 atom stereocenters. The van der Waals surface area contributed by atoms with Crippen LogP contribution in [-0.2, 0) is 14.3 Å². The summed E-state index contributed by atoms with van der Waals surface area (Å²) in [6.07, 6.45) is 0.0127. The first-order chi connectivity index (χ1) is 14.6. The number of esters is 1. The summed E-state index contributed by atoms with van der Waals surface area (Å²) in [6, 6.07) is 13.0. The van der Waals surface area contributed by atoms with Gasteiger partial charge in [0.15, 0.2) is 11.6 Å². The van der Waals surface area contributed by atoms with Crippen LogP contribution in [0.15, 0.2) is 48.5 Å². The molecule has 0 saturated heterocycles. The highest BCUT2D eigenvalue weighted by Crippen LogP contribution is 2.13. The molecule has 1 N–H and O–H groups in total. The van der Waals surface area contributed by atoms with Gasteiger partial charge in [0, 0.05) is 34.0 Å². The van der Waals surface area contributed by atoms with Crippen LogP contribution in [0.25, 0.3) is 0 Å². The van der Waals surface area contributed by atoms with Gasteiger partial charge in [-0.3, -0.25) is 19.2 Å². The molecular formula is C23H24Cl2O6. The second-order valence-corrected chi connectivity index (χ2v) is 7.67. The Kier molecular flexibility index (Phi) is 11.5. The lowest BCUT2D eigenvalue weighted by Crippen LogP contribution is -2.12. The Morgan fingerprint density at radius 3 is 1.48 bits per heavy atom. The molecular weight excluding hydrogens is 443 g/mol. The van der Waals surface area contributed by atoms with E-state index in [9.17, 15) is 19.2 Å². The summed E-state index contributed by atoms with van der Waals surface area (Å²) in [7, 11) is 0. The van der Waals surface area contributed by atoms with Crippen molar-refractivity contribution >= 4 is 46.7 Å². The number of aliphatic carboxylic acids is 1. The van der Waals surface area contributed by atoms with Crippen molar-refractivity contribution in [2.24, 2.45) is 0 Å². The molecule has 0 aliphatic carbocycles. The third-order valence-electron chi connectivity index (χ3n) is 3.82. The Morgan fingerprint density at radius 1 is 0.742 bits per heavy atom. The third kappa shape index (κ3) is 11.3. The Balaban J connectivity index is 0.000000316. The number of rotatable bonds is 9. The van der Waals surface area contributed by atoms with Gasteiger partial charge in [-0.25, -0.2) is 0 Å². The number of Topliss-reactive ketones (excluding diaryl/α,β-unsaturated/α-hetero) is 2. The van der Waals surface area contributed by atoms with Crippen molar-refractivity contribution in [1.82, 2.24) is 0 Å². The number of benzene rings is 2. The normalized spacial score (nSPS) is 10.1. The number of carbonyl (C=O) groups is 4. The molecule has 0 heterocycles. The van der Waals surface area contributed by atoms with Crippen molar-refractivity contribution in [2.45, 2.75) is 45.6 Å². The highest BCUT2D eigenvalue weighted by Gasteiger charge is 2.11. The van der Waals surface area contributed by atoms with E-state index in [4.69, 9.17) is 33.0 Å². The maximum Gasteiger partial charge on any atom is 0.306 e. The quantitative estimate of drug-likeness (QED) is 0.379. The molecule has 0 radical (unpaired) electrons. The summed E-state index contributed by atoms with van der Waals surface area (Å²) in [5.41, 5.74) is 1.06. The van der Waals surface area contributed by atoms with Gasteiger partial charge in [0.05, 0.1) is 18.9 Å². The standard InChI is InChI=1S/C13H15ClO3.C10H9ClO3/c1-9(2)17-13(16)8-7-12(15)10-3-5-11(14)6-4-10;11-8-3-1-7(2-4-8)9(12)5-6-10(13)14/h3-6,9H,7-8H2,1-2H3;1-4H,5-6H2,(H,13,14). The third-order valence-corrected chi connectivity index (χ3v) is 4.33. The van der Waals surface area contributed by atoms with Crippen LogP contribution in [-0.4, -0.2) is 34.7 Å². The van der Waals surface area contributed by atoms with Crippen molar-refractivity contribution in [3.05, 3.63) is 69.7 Å². The zero-order valence-corrected chi connectivity index (χ0v) is 18.8. The Hall–Kier alpha value is -2.70. The maximum absolute atomic E-state index is 11.7. The van der Waals surface area contributed by atoms with E-state index in [1.54, 1.807) is 62.4 Å². The molecule has 0 unspecified atom stereocenters. The Bertz CT molecular complexity index is 889. The van der Waals surface area contributed by atoms with Gasteiger partial charge in [-0.1, -0.05) is 23.2 Å². The van der Waals surface area contributed by atoms with E-state index in [1.165, 1.54) is 0 Å². The van der Waals surface area contributed by atoms with Crippen LogP contribution in [0.2, 0.25) is 10.0 Å². The van der Waals surface area contributed by atoms with Crippen molar-refractivity contribution in [3.8, 4) is 0 Å². The molecule has 0 bridgehead atoms. The maximum atomic E-state index is 11.7. The molecule has 2 rings (SSSR count). The van der Waals surface area contributed by atoms with Gasteiger partial charge in [0.2, 0.25) is 0 Å². The highest BCUT2D eigenvalue weighted by molar-refractivity contribution is 6.31. The molecule has 6 nitrogen and oxygen atoms in total. The summed E-state index contributed by atoms with van der Waals surface area (Å²) in [5, 5.41) is 9.52. The predicted molar refractivity (Wildman–Crippen MR) is 119 cm³/mol. The van der Waals surface area contributed by atoms with Crippen LogP contribution < -0.4 is 0 Å². The lowest BCUT2D eigenvalue weighted by Gasteiger charge is -2.07. The number of carbonyl (C=O) groups excluding carboxylic acids is 3. The number of ketones is 2. The topological polar surface area (TPSA) is 97.7 Å². The van der Waals surface area contributed by atoms with Crippen molar-refractivity contribution in [3.63, 3.8) is 0 Å². The highest BCUT2D eigenvalue weighted by atomic mass is 35.5. The number of carboxylic acids is 1. The minimum Gasteiger partial charge on any atom is -0.481 e. The van der Waals surface area contributed by atoms with Crippen LogP contribution in [0.4, 0.5) is 0 Å². The molecule has 0 saturated carbocycles. The first-order valence-corrected chi connectivity index (χ1v) is 10.3. The van der Waals surface area contributed by atoms with Crippen LogP contribution >= 0.6 is 23.2 Å². The SMILES string of the molecule is CC(C)OC(=O)CCC(=O)c1ccc(Cl)cc1.O=C(O)CCC(=O)c1ccc(Cl)cc1. The molecule has 31 heavy (non-hydrogen) atoms. The fourth-order valence-corrected chi connectivity index (χ4v) is 2.57. The van der Waals surface area contributed by atoms with E-state index in [1.807, 2.05) is 0 Å². The van der Waals surface area contributed by atoms with Crippen LogP contribution in [0.1, 0.15) is 60.2 Å². The summed E-state index contributed by atoms with van der Waals surface area (Å²) in [4.78, 5) is 44.5. The fourth-order valence-electron chi connectivity index (χ4n) is 2.32. The lowest BCUT2D eigenvalue weighted by atomic mass is 10.1. The van der Waals surface area contributed by atoms with Crippen LogP contribution in [0.5, 0.6) is 0 Å². The van der Waals surface area contributed by atoms with E-state index in [-0.39, 0.29) is 49.3 Å². The van der Waals surface area contributed by atoms with Crippen LogP contribution in [0.3, 0.4) is 0 Å². The fraction of sp³-hybridized carbons (Fsp3) is 0.304. The molecule has 0 aromatic heterocycles. The predicted octanol–water partition coefficient (Wildman–Crippen LogP) is 5.64. The van der Waals surface area contributed by atoms with Gasteiger partial charge in [-0.15, -0.1) is 0 Å². The second kappa shape index (κ2) is 13.6. The smallest absolute Gasteiger partial charge is 0.306 e. The zero-order chi connectivity index (χ0) is 23.4. The van der Waals surface area contributed by atoms with Crippen molar-refractivity contribution in [1.29, 1.82) is 0 Å². The molecule has 0 amide bonds. The van der Waals surface area contributed by atoms with E-state index in [0.29, 0.717) is 21.2 Å². The monoisotopic (exact) mass is 466 g/mol. The second-order valence-electron chi connectivity index (χ2n) is 6.79. The number of ether oxygens (including phenoxy) is 1. The van der Waals surface area contributed by atoms with Gasteiger partial charge < -0.3 is 9.84 Å². The molecule has 8 heteroatoms. The molecule has 2 aromatic carbocycles. The van der Waals surface area contributed by atoms with Crippen LogP contribution in [0, 0.1) is 0 Å². The van der Waals surface area contributed by atoms with E-state index >= 15 is 0 Å². The first kappa shape index (κ1) is 26.3. The van der Waals surface area contributed by atoms with Crippen molar-refractivity contribution < 1.29 is 29.0 Å². The molecule has 2 aromatic rings. The number of carboxylic acid groups (broad SMARTS) is 1. The molecule has 166 valence electrons. The minimum atomic E-state index is -0.965. The molecule has 0 fully saturated rings.